The Morgan fingerprint density at radius 2 is 1.85 bits per heavy atom. The molecule has 0 aliphatic rings. The third-order valence-electron chi connectivity index (χ3n) is 4.76. The van der Waals surface area contributed by atoms with E-state index < -0.39 is 10.8 Å². The summed E-state index contributed by atoms with van der Waals surface area (Å²) in [5, 5.41) is 14.4. The van der Waals surface area contributed by atoms with Crippen molar-refractivity contribution in [3.05, 3.63) is 93.3 Å². The van der Waals surface area contributed by atoms with Crippen LogP contribution in [0.1, 0.15) is 0 Å². The molecule has 0 spiro atoms. The van der Waals surface area contributed by atoms with Gasteiger partial charge in [-0.25, -0.2) is 4.98 Å². The first-order chi connectivity index (χ1) is 16.5. The number of aromatic nitrogens is 2. The highest BCUT2D eigenvalue weighted by Crippen LogP contribution is 2.29. The van der Waals surface area contributed by atoms with Gasteiger partial charge in [0.15, 0.2) is 5.16 Å². The fourth-order valence-electron chi connectivity index (χ4n) is 3.17. The van der Waals surface area contributed by atoms with Gasteiger partial charge in [0.25, 0.3) is 11.2 Å². The Balaban J connectivity index is 1.60. The molecule has 2 N–H and O–H groups in total. The number of carbonyl (C=O) groups excluding carboxylic acids is 1. The van der Waals surface area contributed by atoms with E-state index in [9.17, 15) is 19.7 Å². The van der Waals surface area contributed by atoms with Gasteiger partial charge < -0.3 is 10.1 Å². The highest BCUT2D eigenvalue weighted by Gasteiger charge is 2.16. The number of para-hydroxylation sites is 2. The van der Waals surface area contributed by atoms with Gasteiger partial charge in [-0.1, -0.05) is 42.1 Å². The molecular formula is C23H19N5O5S. The number of amides is 1. The molecule has 0 fully saturated rings. The highest BCUT2D eigenvalue weighted by atomic mass is 32.2. The number of rotatable bonds is 8. The van der Waals surface area contributed by atoms with Crippen molar-refractivity contribution in [3.63, 3.8) is 0 Å². The Morgan fingerprint density at radius 3 is 2.59 bits per heavy atom. The van der Waals surface area contributed by atoms with Crippen LogP contribution >= 0.6 is 11.8 Å². The normalized spacial score (nSPS) is 10.6. The molecule has 1 heterocycles. The van der Waals surface area contributed by atoms with Gasteiger partial charge in [-0.2, -0.15) is 4.68 Å². The minimum Gasteiger partial charge on any atom is -0.495 e. The molecule has 1 amide bonds. The first kappa shape index (κ1) is 22.8. The van der Waals surface area contributed by atoms with Gasteiger partial charge in [-0.3, -0.25) is 25.1 Å². The number of fused-ring (bicyclic) bond motifs is 1. The molecule has 4 aromatic rings. The largest absolute Gasteiger partial charge is 0.495 e. The van der Waals surface area contributed by atoms with Crippen molar-refractivity contribution >= 4 is 45.6 Å². The lowest BCUT2D eigenvalue weighted by Gasteiger charge is -2.15. The number of non-ortho nitro benzene ring substituents is 1. The van der Waals surface area contributed by atoms with Gasteiger partial charge in [-0.05, 0) is 30.3 Å². The maximum atomic E-state index is 13.1. The van der Waals surface area contributed by atoms with Crippen LogP contribution in [-0.2, 0) is 4.79 Å². The van der Waals surface area contributed by atoms with Gasteiger partial charge in [0.2, 0.25) is 5.91 Å². The molecule has 0 atom stereocenters. The standard InChI is InChI=1S/C23H19N5O5S/c1-33-20-12-11-16(28(31)32)13-19(20)24-21(29)14-34-23-25-18-10-6-5-9-17(18)22(30)27(23)26-15-7-3-2-4-8-15/h2-13,26H,14H2,1H3,(H,24,29). The lowest BCUT2D eigenvalue weighted by Crippen LogP contribution is -2.29. The predicted molar refractivity (Wildman–Crippen MR) is 130 cm³/mol. The first-order valence-electron chi connectivity index (χ1n) is 10.0. The second kappa shape index (κ2) is 10.0. The summed E-state index contributed by atoms with van der Waals surface area (Å²) < 4.78 is 6.48. The third kappa shape index (κ3) is 4.99. The predicted octanol–water partition coefficient (Wildman–Crippen LogP) is 3.92. The van der Waals surface area contributed by atoms with Crippen molar-refractivity contribution in [1.29, 1.82) is 0 Å². The Morgan fingerprint density at radius 1 is 1.12 bits per heavy atom. The van der Waals surface area contributed by atoms with E-state index in [0.29, 0.717) is 16.6 Å². The number of nitro groups is 1. The molecule has 0 unspecified atom stereocenters. The number of hydrogen-bond acceptors (Lipinski definition) is 8. The number of methoxy groups -OCH3 is 1. The second-order valence-electron chi connectivity index (χ2n) is 7.01. The average Bonchev–Trinajstić information content (AvgIpc) is 2.85. The van der Waals surface area contributed by atoms with Crippen LogP contribution in [0.5, 0.6) is 5.75 Å². The van der Waals surface area contributed by atoms with E-state index in [0.717, 1.165) is 11.8 Å². The fourth-order valence-corrected chi connectivity index (χ4v) is 3.93. The summed E-state index contributed by atoms with van der Waals surface area (Å²) >= 11 is 1.05. The quantitative estimate of drug-likeness (QED) is 0.169. The molecule has 0 bridgehead atoms. The van der Waals surface area contributed by atoms with Crippen molar-refractivity contribution in [1.82, 2.24) is 9.66 Å². The zero-order chi connectivity index (χ0) is 24.1. The van der Waals surface area contributed by atoms with E-state index >= 15 is 0 Å². The van der Waals surface area contributed by atoms with Gasteiger partial charge in [0.1, 0.15) is 5.75 Å². The zero-order valence-electron chi connectivity index (χ0n) is 17.9. The number of benzene rings is 3. The van der Waals surface area contributed by atoms with Crippen LogP contribution in [0, 0.1) is 10.1 Å². The Bertz CT molecular complexity index is 1420. The van der Waals surface area contributed by atoms with E-state index in [1.807, 2.05) is 18.2 Å². The maximum absolute atomic E-state index is 13.1. The summed E-state index contributed by atoms with van der Waals surface area (Å²) in [7, 11) is 1.40. The van der Waals surface area contributed by atoms with Crippen molar-refractivity contribution in [2.45, 2.75) is 5.16 Å². The summed E-state index contributed by atoms with van der Waals surface area (Å²) in [5.74, 6) is -0.263. The summed E-state index contributed by atoms with van der Waals surface area (Å²) in [6, 6.07) is 20.0. The minimum atomic E-state index is -0.559. The number of nitrogens with zero attached hydrogens (tertiary/aromatic N) is 3. The van der Waals surface area contributed by atoms with Crippen LogP contribution in [-0.4, -0.2) is 33.4 Å². The average molecular weight is 478 g/mol. The van der Waals surface area contributed by atoms with Crippen LogP contribution in [0.2, 0.25) is 0 Å². The highest BCUT2D eigenvalue weighted by molar-refractivity contribution is 7.99. The van der Waals surface area contributed by atoms with E-state index in [1.165, 1.54) is 30.0 Å². The molecule has 0 aliphatic heterocycles. The number of ether oxygens (including phenoxy) is 1. The maximum Gasteiger partial charge on any atom is 0.280 e. The van der Waals surface area contributed by atoms with Crippen LogP contribution in [0.4, 0.5) is 17.1 Å². The summed E-state index contributed by atoms with van der Waals surface area (Å²) in [4.78, 5) is 40.9. The molecule has 0 saturated carbocycles. The summed E-state index contributed by atoms with van der Waals surface area (Å²) in [6.45, 7) is 0. The molecule has 1 aromatic heterocycles. The van der Waals surface area contributed by atoms with E-state index in [-0.39, 0.29) is 33.6 Å². The Labute approximate surface area is 197 Å². The van der Waals surface area contributed by atoms with E-state index in [1.54, 1.807) is 36.4 Å². The molecule has 4 rings (SSSR count). The Kier molecular flexibility index (Phi) is 6.74. The van der Waals surface area contributed by atoms with E-state index in [4.69, 9.17) is 4.74 Å². The molecule has 11 heteroatoms. The number of nitrogens with one attached hydrogen (secondary N) is 2. The molecule has 0 aliphatic carbocycles. The van der Waals surface area contributed by atoms with Crippen LogP contribution in [0.15, 0.2) is 82.7 Å². The van der Waals surface area contributed by atoms with Gasteiger partial charge in [0.05, 0.1) is 40.1 Å². The zero-order valence-corrected chi connectivity index (χ0v) is 18.7. The molecule has 10 nitrogen and oxygen atoms in total. The molecule has 34 heavy (non-hydrogen) atoms. The van der Waals surface area contributed by atoms with Crippen molar-refractivity contribution in [2.75, 3.05) is 23.6 Å². The third-order valence-corrected chi connectivity index (χ3v) is 5.70. The molecular weight excluding hydrogens is 458 g/mol. The smallest absolute Gasteiger partial charge is 0.280 e. The molecule has 0 radical (unpaired) electrons. The van der Waals surface area contributed by atoms with Crippen molar-refractivity contribution in [2.24, 2.45) is 0 Å². The number of carbonyl (C=O) groups is 1. The first-order valence-corrected chi connectivity index (χ1v) is 11.0. The topological polar surface area (TPSA) is 128 Å². The summed E-state index contributed by atoms with van der Waals surface area (Å²) in [5.41, 5.74) is 3.90. The fraction of sp³-hybridized carbons (Fsp3) is 0.0870. The Hall–Kier alpha value is -4.38. The number of thioether (sulfide) groups is 1. The van der Waals surface area contributed by atoms with Crippen LogP contribution < -0.4 is 21.0 Å². The van der Waals surface area contributed by atoms with Gasteiger partial charge >= 0.3 is 0 Å². The number of anilines is 2. The summed E-state index contributed by atoms with van der Waals surface area (Å²) in [6.07, 6.45) is 0. The lowest BCUT2D eigenvalue weighted by atomic mass is 10.2. The lowest BCUT2D eigenvalue weighted by molar-refractivity contribution is -0.384. The monoisotopic (exact) mass is 477 g/mol. The number of hydrogen-bond donors (Lipinski definition) is 2. The molecule has 3 aromatic carbocycles. The minimum absolute atomic E-state index is 0.104. The van der Waals surface area contributed by atoms with Crippen LogP contribution in [0.25, 0.3) is 10.9 Å². The van der Waals surface area contributed by atoms with Gasteiger partial charge in [-0.15, -0.1) is 0 Å². The van der Waals surface area contributed by atoms with E-state index in [2.05, 4.69) is 15.7 Å². The molecule has 0 saturated heterocycles. The SMILES string of the molecule is COc1ccc([N+](=O)[O-])cc1NC(=O)CSc1nc2ccccc2c(=O)n1Nc1ccccc1. The second-order valence-corrected chi connectivity index (χ2v) is 7.95. The number of nitro benzene ring substituents is 1. The molecule has 172 valence electrons. The van der Waals surface area contributed by atoms with Gasteiger partial charge in [0, 0.05) is 12.1 Å². The van der Waals surface area contributed by atoms with Crippen LogP contribution in [0.3, 0.4) is 0 Å². The van der Waals surface area contributed by atoms with Crippen molar-refractivity contribution in [3.8, 4) is 5.75 Å². The van der Waals surface area contributed by atoms with Crippen molar-refractivity contribution < 1.29 is 14.5 Å².